The van der Waals surface area contributed by atoms with E-state index in [1.54, 1.807) is 0 Å². The average molecular weight is 225 g/mol. The molecular formula is C13H23NO2. The molecule has 3 heteroatoms. The average Bonchev–Trinajstić information content (AvgIpc) is 2.19. The van der Waals surface area contributed by atoms with Crippen LogP contribution < -0.4 is 0 Å². The van der Waals surface area contributed by atoms with Crippen molar-refractivity contribution in [3.8, 4) is 0 Å². The van der Waals surface area contributed by atoms with Gasteiger partial charge in [0.1, 0.15) is 0 Å². The topological polar surface area (TPSA) is 40.5 Å². The lowest BCUT2D eigenvalue weighted by molar-refractivity contribution is -0.145. The Morgan fingerprint density at radius 3 is 2.75 bits per heavy atom. The Hall–Kier alpha value is -0.830. The molecule has 1 atom stereocenters. The molecule has 1 saturated heterocycles. The monoisotopic (exact) mass is 225 g/mol. The summed E-state index contributed by atoms with van der Waals surface area (Å²) in [5, 5.41) is 8.85. The smallest absolute Gasteiger partial charge is 0.306 e. The van der Waals surface area contributed by atoms with Crippen molar-refractivity contribution in [1.82, 2.24) is 4.90 Å². The number of carboxylic acid groups (broad SMARTS) is 1. The lowest BCUT2D eigenvalue weighted by Gasteiger charge is -2.41. The summed E-state index contributed by atoms with van der Waals surface area (Å²) in [6, 6.07) is 0. The molecule has 0 aromatic carbocycles. The van der Waals surface area contributed by atoms with Gasteiger partial charge < -0.3 is 10.0 Å². The molecule has 1 fully saturated rings. The van der Waals surface area contributed by atoms with Crippen molar-refractivity contribution in [3.63, 3.8) is 0 Å². The van der Waals surface area contributed by atoms with Crippen LogP contribution in [0.2, 0.25) is 0 Å². The second-order valence-corrected chi connectivity index (χ2v) is 4.78. The molecule has 1 heterocycles. The number of carbonyl (C=O) groups is 1. The van der Waals surface area contributed by atoms with Gasteiger partial charge in [-0.3, -0.25) is 4.79 Å². The first-order chi connectivity index (χ1) is 7.65. The molecule has 92 valence electrons. The lowest BCUT2D eigenvalue weighted by atomic mass is 9.87. The van der Waals surface area contributed by atoms with Crippen LogP contribution in [0.1, 0.15) is 32.6 Å². The third kappa shape index (κ3) is 3.97. The molecule has 0 amide bonds. The van der Waals surface area contributed by atoms with Crippen LogP contribution in [0, 0.1) is 11.8 Å². The zero-order valence-electron chi connectivity index (χ0n) is 10.2. The molecule has 1 N–H and O–H groups in total. The van der Waals surface area contributed by atoms with Crippen LogP contribution in [-0.4, -0.2) is 35.6 Å². The minimum absolute atomic E-state index is 0.183. The normalized spacial score (nSPS) is 19.1. The van der Waals surface area contributed by atoms with Gasteiger partial charge in [0.05, 0.1) is 5.92 Å². The molecular weight excluding hydrogens is 202 g/mol. The Bertz CT molecular complexity index is 234. The maximum Gasteiger partial charge on any atom is 0.306 e. The van der Waals surface area contributed by atoms with Crippen LogP contribution in [0.5, 0.6) is 0 Å². The fourth-order valence-electron chi connectivity index (χ4n) is 2.11. The number of aliphatic carboxylic acids is 1. The predicted molar refractivity (Wildman–Crippen MR) is 65.4 cm³/mol. The van der Waals surface area contributed by atoms with E-state index in [9.17, 15) is 4.79 Å². The highest BCUT2D eigenvalue weighted by atomic mass is 16.4. The highest BCUT2D eigenvalue weighted by molar-refractivity contribution is 5.70. The van der Waals surface area contributed by atoms with E-state index in [2.05, 4.69) is 11.5 Å². The summed E-state index contributed by atoms with van der Waals surface area (Å²) < 4.78 is 0. The Balaban J connectivity index is 1.99. The Morgan fingerprint density at radius 2 is 2.19 bits per heavy atom. The van der Waals surface area contributed by atoms with Gasteiger partial charge >= 0.3 is 5.97 Å². The molecule has 0 spiro atoms. The van der Waals surface area contributed by atoms with Gasteiger partial charge in [0, 0.05) is 13.1 Å². The predicted octanol–water partition coefficient (Wildman–Crippen LogP) is 2.39. The first-order valence-electron chi connectivity index (χ1n) is 6.21. The number of hydrogen-bond donors (Lipinski definition) is 1. The molecule has 1 aliphatic rings. The fourth-order valence-corrected chi connectivity index (χ4v) is 2.11. The third-order valence-electron chi connectivity index (χ3n) is 3.46. The van der Waals surface area contributed by atoms with Crippen molar-refractivity contribution in [2.45, 2.75) is 32.6 Å². The lowest BCUT2D eigenvalue weighted by Crippen LogP contribution is -2.51. The van der Waals surface area contributed by atoms with Crippen molar-refractivity contribution in [2.75, 3.05) is 19.6 Å². The fraction of sp³-hybridized carbons (Fsp3) is 0.769. The second kappa shape index (κ2) is 6.69. The molecule has 3 nitrogen and oxygen atoms in total. The molecule has 1 aliphatic heterocycles. The molecule has 0 aliphatic carbocycles. The number of nitrogens with zero attached hydrogens (tertiary/aromatic N) is 1. The molecule has 0 aromatic rings. The van der Waals surface area contributed by atoms with E-state index >= 15 is 0 Å². The third-order valence-corrected chi connectivity index (χ3v) is 3.46. The van der Waals surface area contributed by atoms with Crippen LogP contribution in [-0.2, 0) is 4.79 Å². The summed E-state index contributed by atoms with van der Waals surface area (Å²) in [5.74, 6) is -0.474. The number of carboxylic acids is 1. The van der Waals surface area contributed by atoms with Crippen molar-refractivity contribution in [1.29, 1.82) is 0 Å². The van der Waals surface area contributed by atoms with Gasteiger partial charge in [-0.2, -0.15) is 0 Å². The zero-order chi connectivity index (χ0) is 12.0. The standard InChI is InChI=1S/C13H23NO2/c1-3-4-5-6-7-8-14-9-12(10-14)11(2)13(15)16/h3,11-12H,1,4-10H2,2H3,(H,15,16). The maximum atomic E-state index is 10.7. The van der Waals surface area contributed by atoms with Gasteiger partial charge in [0.15, 0.2) is 0 Å². The van der Waals surface area contributed by atoms with Crippen molar-refractivity contribution >= 4 is 5.97 Å². The van der Waals surface area contributed by atoms with Crippen LogP contribution in [0.3, 0.4) is 0 Å². The molecule has 1 rings (SSSR count). The Kier molecular flexibility index (Phi) is 5.53. The van der Waals surface area contributed by atoms with Crippen molar-refractivity contribution in [3.05, 3.63) is 12.7 Å². The van der Waals surface area contributed by atoms with Gasteiger partial charge in [-0.05, 0) is 31.7 Å². The van der Waals surface area contributed by atoms with Crippen LogP contribution in [0.15, 0.2) is 12.7 Å². The van der Waals surface area contributed by atoms with E-state index in [4.69, 9.17) is 5.11 Å². The summed E-state index contributed by atoms with van der Waals surface area (Å²) in [6.45, 7) is 8.57. The quantitative estimate of drug-likeness (QED) is 0.509. The van der Waals surface area contributed by atoms with E-state index in [-0.39, 0.29) is 5.92 Å². The molecule has 1 unspecified atom stereocenters. The minimum atomic E-state index is -0.657. The van der Waals surface area contributed by atoms with Gasteiger partial charge in [0.25, 0.3) is 0 Å². The van der Waals surface area contributed by atoms with Crippen LogP contribution in [0.4, 0.5) is 0 Å². The van der Waals surface area contributed by atoms with Crippen molar-refractivity contribution in [2.24, 2.45) is 11.8 Å². The Morgan fingerprint density at radius 1 is 1.50 bits per heavy atom. The number of hydrogen-bond acceptors (Lipinski definition) is 2. The second-order valence-electron chi connectivity index (χ2n) is 4.78. The summed E-state index contributed by atoms with van der Waals surface area (Å²) in [5.41, 5.74) is 0. The molecule has 0 radical (unpaired) electrons. The SMILES string of the molecule is C=CCCCCCN1CC(C(C)C(=O)O)C1. The minimum Gasteiger partial charge on any atom is -0.481 e. The van der Waals surface area contributed by atoms with Gasteiger partial charge in [-0.15, -0.1) is 6.58 Å². The van der Waals surface area contributed by atoms with E-state index in [1.165, 1.54) is 19.3 Å². The number of likely N-dealkylation sites (tertiary alicyclic amines) is 1. The summed E-state index contributed by atoms with van der Waals surface area (Å²) in [4.78, 5) is 13.1. The van der Waals surface area contributed by atoms with Gasteiger partial charge in [0.2, 0.25) is 0 Å². The summed E-state index contributed by atoms with van der Waals surface area (Å²) in [7, 11) is 0. The first-order valence-corrected chi connectivity index (χ1v) is 6.21. The first kappa shape index (κ1) is 13.2. The molecule has 16 heavy (non-hydrogen) atoms. The van der Waals surface area contributed by atoms with E-state index in [0.29, 0.717) is 5.92 Å². The zero-order valence-corrected chi connectivity index (χ0v) is 10.2. The highest BCUT2D eigenvalue weighted by Gasteiger charge is 2.33. The van der Waals surface area contributed by atoms with Crippen LogP contribution in [0.25, 0.3) is 0 Å². The number of unbranched alkanes of at least 4 members (excludes halogenated alkanes) is 3. The molecule has 0 bridgehead atoms. The summed E-state index contributed by atoms with van der Waals surface area (Å²) >= 11 is 0. The van der Waals surface area contributed by atoms with Gasteiger partial charge in [-0.25, -0.2) is 0 Å². The van der Waals surface area contributed by atoms with Crippen molar-refractivity contribution < 1.29 is 9.90 Å². The largest absolute Gasteiger partial charge is 0.481 e. The number of allylic oxidation sites excluding steroid dienone is 1. The number of rotatable bonds is 8. The van der Waals surface area contributed by atoms with Crippen LogP contribution >= 0.6 is 0 Å². The van der Waals surface area contributed by atoms with E-state index in [1.807, 2.05) is 13.0 Å². The highest BCUT2D eigenvalue weighted by Crippen LogP contribution is 2.24. The maximum absolute atomic E-state index is 10.7. The van der Waals surface area contributed by atoms with E-state index < -0.39 is 5.97 Å². The molecule has 0 aromatic heterocycles. The summed E-state index contributed by atoms with van der Waals surface area (Å²) in [6.07, 6.45) is 6.78. The van der Waals surface area contributed by atoms with Gasteiger partial charge in [-0.1, -0.05) is 19.4 Å². The van der Waals surface area contributed by atoms with E-state index in [0.717, 1.165) is 26.1 Å². The molecule has 0 saturated carbocycles. The Labute approximate surface area is 98.1 Å².